The fourth-order valence-corrected chi connectivity index (χ4v) is 1.21. The Bertz CT molecular complexity index is 299. The molecule has 0 bridgehead atoms. The number of aliphatic hydroxyl groups excluding tert-OH is 1. The molecule has 1 N–H and O–H groups in total. The molecule has 0 radical (unpaired) electrons. The van der Waals surface area contributed by atoms with Gasteiger partial charge in [-0.05, 0) is 18.2 Å². The molecule has 0 aromatic heterocycles. The van der Waals surface area contributed by atoms with Crippen LogP contribution in [0.5, 0.6) is 5.75 Å². The van der Waals surface area contributed by atoms with Crippen molar-refractivity contribution >= 4 is 22.2 Å². The Morgan fingerprint density at radius 1 is 1.54 bits per heavy atom. The highest BCUT2D eigenvalue weighted by molar-refractivity contribution is 9.10. The molecule has 1 aromatic carbocycles. The first-order chi connectivity index (χ1) is 6.27. The third-order valence-corrected chi connectivity index (χ3v) is 2.18. The third kappa shape index (κ3) is 2.82. The summed E-state index contributed by atoms with van der Waals surface area (Å²) < 4.78 is 5.86. The number of hydrogen-bond donors (Lipinski definition) is 1. The Balaban J connectivity index is 2.80. The Morgan fingerprint density at radius 3 is 2.92 bits per heavy atom. The van der Waals surface area contributed by atoms with Gasteiger partial charge in [0.25, 0.3) is 0 Å². The van der Waals surface area contributed by atoms with Crippen molar-refractivity contribution in [2.45, 2.75) is 0 Å². The van der Waals surface area contributed by atoms with Gasteiger partial charge in [0.15, 0.2) is 6.29 Å². The van der Waals surface area contributed by atoms with Gasteiger partial charge in [-0.1, -0.05) is 15.9 Å². The first kappa shape index (κ1) is 10.2. The van der Waals surface area contributed by atoms with Gasteiger partial charge >= 0.3 is 0 Å². The fraction of sp³-hybridized carbons (Fsp3) is 0.222. The second-order valence-electron chi connectivity index (χ2n) is 2.37. The SMILES string of the molecule is O=Cc1cc(OCCO)ccc1Br. The van der Waals surface area contributed by atoms with Crippen molar-refractivity contribution < 1.29 is 14.6 Å². The molecule has 0 fully saturated rings. The fourth-order valence-electron chi connectivity index (χ4n) is 0.865. The summed E-state index contributed by atoms with van der Waals surface area (Å²) >= 11 is 3.22. The Morgan fingerprint density at radius 2 is 2.31 bits per heavy atom. The van der Waals surface area contributed by atoms with E-state index in [0.717, 1.165) is 10.8 Å². The third-order valence-electron chi connectivity index (χ3n) is 1.45. The van der Waals surface area contributed by atoms with Crippen molar-refractivity contribution in [3.05, 3.63) is 28.2 Å². The van der Waals surface area contributed by atoms with Crippen LogP contribution in [0.4, 0.5) is 0 Å². The molecule has 0 aliphatic rings. The predicted molar refractivity (Wildman–Crippen MR) is 52.1 cm³/mol. The second kappa shape index (κ2) is 4.99. The lowest BCUT2D eigenvalue weighted by Crippen LogP contribution is -2.01. The lowest BCUT2D eigenvalue weighted by Gasteiger charge is -2.04. The lowest BCUT2D eigenvalue weighted by atomic mass is 10.2. The van der Waals surface area contributed by atoms with Crippen molar-refractivity contribution in [3.63, 3.8) is 0 Å². The molecule has 4 heteroatoms. The number of aldehydes is 1. The van der Waals surface area contributed by atoms with Crippen molar-refractivity contribution in [1.29, 1.82) is 0 Å². The maximum absolute atomic E-state index is 10.5. The average molecular weight is 245 g/mol. The number of aliphatic hydroxyl groups is 1. The van der Waals surface area contributed by atoms with Gasteiger partial charge in [-0.15, -0.1) is 0 Å². The van der Waals surface area contributed by atoms with Gasteiger partial charge in [0.2, 0.25) is 0 Å². The molecule has 0 unspecified atom stereocenters. The topological polar surface area (TPSA) is 46.5 Å². The van der Waals surface area contributed by atoms with E-state index in [-0.39, 0.29) is 13.2 Å². The zero-order valence-electron chi connectivity index (χ0n) is 6.87. The summed E-state index contributed by atoms with van der Waals surface area (Å²) in [6.07, 6.45) is 0.746. The maximum atomic E-state index is 10.5. The van der Waals surface area contributed by atoms with Crippen LogP contribution in [0, 0.1) is 0 Å². The molecule has 0 aliphatic heterocycles. The Hall–Kier alpha value is -0.870. The van der Waals surface area contributed by atoms with Crippen LogP contribution in [0.15, 0.2) is 22.7 Å². The van der Waals surface area contributed by atoms with Crippen LogP contribution >= 0.6 is 15.9 Å². The average Bonchev–Trinajstić information content (AvgIpc) is 2.16. The van der Waals surface area contributed by atoms with Gasteiger partial charge in [0, 0.05) is 10.0 Å². The van der Waals surface area contributed by atoms with E-state index in [1.165, 1.54) is 0 Å². The van der Waals surface area contributed by atoms with E-state index in [0.29, 0.717) is 11.3 Å². The molecule has 0 aliphatic carbocycles. The van der Waals surface area contributed by atoms with E-state index >= 15 is 0 Å². The van der Waals surface area contributed by atoms with Crippen molar-refractivity contribution in [3.8, 4) is 5.75 Å². The molecule has 13 heavy (non-hydrogen) atoms. The minimum atomic E-state index is -0.0352. The number of ether oxygens (including phenoxy) is 1. The molecule has 0 amide bonds. The van der Waals surface area contributed by atoms with Gasteiger partial charge in [0.1, 0.15) is 12.4 Å². The first-order valence-corrected chi connectivity index (χ1v) is 4.55. The first-order valence-electron chi connectivity index (χ1n) is 3.76. The molecule has 1 aromatic rings. The van der Waals surface area contributed by atoms with Crippen molar-refractivity contribution in [2.75, 3.05) is 13.2 Å². The number of carbonyl (C=O) groups excluding carboxylic acids is 1. The number of hydrogen-bond acceptors (Lipinski definition) is 3. The molecular weight excluding hydrogens is 236 g/mol. The molecule has 0 atom stereocenters. The number of carbonyl (C=O) groups is 1. The minimum Gasteiger partial charge on any atom is -0.491 e. The van der Waals surface area contributed by atoms with E-state index in [9.17, 15) is 4.79 Å². The van der Waals surface area contributed by atoms with Crippen molar-refractivity contribution in [1.82, 2.24) is 0 Å². The Labute approximate surface area is 84.5 Å². The lowest BCUT2D eigenvalue weighted by molar-refractivity contribution is 0.112. The van der Waals surface area contributed by atoms with E-state index < -0.39 is 0 Å². The maximum Gasteiger partial charge on any atom is 0.151 e. The van der Waals surface area contributed by atoms with Gasteiger partial charge in [-0.3, -0.25) is 4.79 Å². The summed E-state index contributed by atoms with van der Waals surface area (Å²) in [5.74, 6) is 0.583. The van der Waals surface area contributed by atoms with E-state index in [2.05, 4.69) is 15.9 Å². The van der Waals surface area contributed by atoms with Crippen LogP contribution in [-0.2, 0) is 0 Å². The number of rotatable bonds is 4. The van der Waals surface area contributed by atoms with Crippen LogP contribution in [0.1, 0.15) is 10.4 Å². The van der Waals surface area contributed by atoms with Gasteiger partial charge in [-0.25, -0.2) is 0 Å². The standard InChI is InChI=1S/C9H9BrO3/c10-9-2-1-8(13-4-3-11)5-7(9)6-12/h1-2,5-6,11H,3-4H2. The zero-order valence-corrected chi connectivity index (χ0v) is 8.45. The molecule has 1 rings (SSSR count). The minimum absolute atomic E-state index is 0.0352. The number of halogens is 1. The summed E-state index contributed by atoms with van der Waals surface area (Å²) in [5, 5.41) is 8.50. The normalized spacial score (nSPS) is 9.69. The van der Waals surface area contributed by atoms with Crippen LogP contribution in [0.3, 0.4) is 0 Å². The van der Waals surface area contributed by atoms with E-state index in [4.69, 9.17) is 9.84 Å². The zero-order chi connectivity index (χ0) is 9.68. The highest BCUT2D eigenvalue weighted by atomic mass is 79.9. The van der Waals surface area contributed by atoms with Crippen LogP contribution in [0.2, 0.25) is 0 Å². The molecule has 0 heterocycles. The predicted octanol–water partition coefficient (Wildman–Crippen LogP) is 1.63. The quantitative estimate of drug-likeness (QED) is 0.820. The summed E-state index contributed by atoms with van der Waals surface area (Å²) in [4.78, 5) is 10.5. The Kier molecular flexibility index (Phi) is 3.92. The van der Waals surface area contributed by atoms with Gasteiger partial charge in [-0.2, -0.15) is 0 Å². The second-order valence-corrected chi connectivity index (χ2v) is 3.23. The van der Waals surface area contributed by atoms with Crippen LogP contribution in [-0.4, -0.2) is 24.6 Å². The molecule has 0 saturated carbocycles. The summed E-state index contributed by atoms with van der Waals surface area (Å²) in [5.41, 5.74) is 0.537. The summed E-state index contributed by atoms with van der Waals surface area (Å²) in [7, 11) is 0. The summed E-state index contributed by atoms with van der Waals surface area (Å²) in [6, 6.07) is 5.08. The monoisotopic (exact) mass is 244 g/mol. The van der Waals surface area contributed by atoms with E-state index in [1.807, 2.05) is 0 Å². The molecule has 0 spiro atoms. The van der Waals surface area contributed by atoms with Crippen LogP contribution in [0.25, 0.3) is 0 Å². The number of benzene rings is 1. The van der Waals surface area contributed by atoms with Crippen molar-refractivity contribution in [2.24, 2.45) is 0 Å². The highest BCUT2D eigenvalue weighted by Gasteiger charge is 2.00. The van der Waals surface area contributed by atoms with Gasteiger partial charge in [0.05, 0.1) is 6.61 Å². The molecule has 70 valence electrons. The van der Waals surface area contributed by atoms with E-state index in [1.54, 1.807) is 18.2 Å². The molecular formula is C9H9BrO3. The highest BCUT2D eigenvalue weighted by Crippen LogP contribution is 2.20. The smallest absolute Gasteiger partial charge is 0.151 e. The molecule has 3 nitrogen and oxygen atoms in total. The largest absolute Gasteiger partial charge is 0.491 e. The van der Waals surface area contributed by atoms with Crippen LogP contribution < -0.4 is 4.74 Å². The summed E-state index contributed by atoms with van der Waals surface area (Å²) in [6.45, 7) is 0.201. The molecule has 0 saturated heterocycles. The van der Waals surface area contributed by atoms with Gasteiger partial charge < -0.3 is 9.84 Å².